The van der Waals surface area contributed by atoms with E-state index in [0.29, 0.717) is 49.9 Å². The molecule has 0 saturated carbocycles. The number of aliphatic hydroxyl groups is 1. The second kappa shape index (κ2) is 42.0. The predicted octanol–water partition coefficient (Wildman–Crippen LogP) is 10.7. The molecule has 6 amide bonds. The number of nitrogens with two attached hydrogens (primary N) is 1. The minimum Gasteiger partial charge on any atom is -0.467 e. The number of unbranched alkanes of at least 4 members (excludes halogenated alkanes) is 1. The lowest BCUT2D eigenvalue weighted by Gasteiger charge is -2.42. The molecule has 0 radical (unpaired) electrons. The van der Waals surface area contributed by atoms with Crippen molar-refractivity contribution in [2.24, 2.45) is 53.1 Å². The lowest BCUT2D eigenvalue weighted by Crippen LogP contribution is -2.55. The Balaban J connectivity index is 1.02. The third-order valence-electron chi connectivity index (χ3n) is 22.6. The molecule has 16 atom stereocenters. The van der Waals surface area contributed by atoms with E-state index < -0.39 is 133 Å². The van der Waals surface area contributed by atoms with Gasteiger partial charge in [-0.25, -0.2) is 14.4 Å². The first kappa shape index (κ1) is 88.4. The quantitative estimate of drug-likeness (QED) is 0.0157. The molecular formula is C84H119N7O19. The van der Waals surface area contributed by atoms with Gasteiger partial charge in [0.1, 0.15) is 36.9 Å². The number of aliphatic hydroxyl groups excluding tert-OH is 1. The van der Waals surface area contributed by atoms with Gasteiger partial charge >= 0.3 is 24.1 Å². The predicted molar refractivity (Wildman–Crippen MR) is 414 cm³/mol. The number of ether oxygens (including phenoxy) is 8. The fraction of sp³-hybridized carbons (Fsp3) is 0.595. The summed E-state index contributed by atoms with van der Waals surface area (Å²) in [5.74, 6) is -7.29. The van der Waals surface area contributed by atoms with Gasteiger partial charge in [-0.15, -0.1) is 0 Å². The first-order valence-electron chi connectivity index (χ1n) is 38.8. The maximum absolute atomic E-state index is 15.1. The van der Waals surface area contributed by atoms with Gasteiger partial charge in [0.2, 0.25) is 29.9 Å². The number of ketones is 2. The number of benzene rings is 4. The number of Topliss-reactive ketones (excluding diaryl/α,β-unsaturated/α-hetero) is 2. The number of hydrogen-bond donors (Lipinski definition) is 5. The number of likely N-dealkylation sites (N-methyl/N-ethyl adjacent to an activating group) is 2. The number of nitrogens with zero attached hydrogens (tertiary/aromatic N) is 3. The molecule has 2 aliphatic heterocycles. The molecule has 0 spiro atoms. The number of amides is 6. The first-order valence-corrected chi connectivity index (χ1v) is 38.8. The van der Waals surface area contributed by atoms with Crippen molar-refractivity contribution in [2.45, 2.75) is 214 Å². The number of alkyl carbamates (subject to hydrolysis) is 1. The van der Waals surface area contributed by atoms with E-state index in [0.717, 1.165) is 28.7 Å². The molecule has 2 fully saturated rings. The van der Waals surface area contributed by atoms with Crippen LogP contribution in [0.15, 0.2) is 97.1 Å². The average Bonchev–Trinajstić information content (AvgIpc) is 1.59. The zero-order valence-corrected chi connectivity index (χ0v) is 67.0. The summed E-state index contributed by atoms with van der Waals surface area (Å²) in [5.41, 5.74) is 11.0. The number of carbonyl (C=O) groups excluding carboxylic acids is 10. The monoisotopic (exact) mass is 1530 g/mol. The summed E-state index contributed by atoms with van der Waals surface area (Å²) in [6.07, 6.45) is -5.05. The number of hydrogen-bond acceptors (Lipinski definition) is 20. The molecule has 604 valence electrons. The van der Waals surface area contributed by atoms with Gasteiger partial charge < -0.3 is 79.4 Å². The highest BCUT2D eigenvalue weighted by molar-refractivity contribution is 5.94. The molecule has 1 aliphatic carbocycles. The minimum absolute atomic E-state index is 0.0119. The number of esters is 2. The van der Waals surface area contributed by atoms with E-state index in [2.05, 4.69) is 16.0 Å². The van der Waals surface area contributed by atoms with E-state index >= 15 is 4.79 Å². The van der Waals surface area contributed by atoms with Crippen LogP contribution in [0.25, 0.3) is 11.1 Å². The van der Waals surface area contributed by atoms with Crippen molar-refractivity contribution in [1.82, 2.24) is 25.3 Å². The van der Waals surface area contributed by atoms with Crippen molar-refractivity contribution in [2.75, 3.05) is 67.0 Å². The number of likely N-dealkylation sites (tertiary alicyclic amines) is 1. The molecule has 26 heteroatoms. The van der Waals surface area contributed by atoms with Crippen LogP contribution < -0.4 is 26.4 Å². The second-order valence-electron chi connectivity index (χ2n) is 30.5. The molecule has 4 aromatic carbocycles. The van der Waals surface area contributed by atoms with E-state index in [4.69, 9.17) is 43.6 Å². The molecule has 110 heavy (non-hydrogen) atoms. The van der Waals surface area contributed by atoms with Crippen LogP contribution in [-0.4, -0.2) is 196 Å². The van der Waals surface area contributed by atoms with Gasteiger partial charge in [-0.2, -0.15) is 0 Å². The summed E-state index contributed by atoms with van der Waals surface area (Å²) in [6, 6.07) is 26.4. The van der Waals surface area contributed by atoms with E-state index in [1.165, 1.54) is 52.3 Å². The highest BCUT2D eigenvalue weighted by Crippen LogP contribution is 2.45. The molecule has 4 aromatic rings. The van der Waals surface area contributed by atoms with Crippen LogP contribution in [-0.2, 0) is 78.1 Å². The normalized spacial score (nSPS) is 20.2. The van der Waals surface area contributed by atoms with Gasteiger partial charge in [0.25, 0.3) is 0 Å². The zero-order valence-electron chi connectivity index (χ0n) is 67.0. The van der Waals surface area contributed by atoms with Gasteiger partial charge in [0.05, 0.1) is 43.5 Å². The molecule has 2 heterocycles. The Bertz CT molecular complexity index is 3720. The van der Waals surface area contributed by atoms with Crippen LogP contribution in [0, 0.1) is 47.3 Å². The average molecular weight is 1530 g/mol. The molecule has 0 aromatic heterocycles. The Morgan fingerprint density at radius 1 is 0.745 bits per heavy atom. The fourth-order valence-electron chi connectivity index (χ4n) is 15.6. The number of anilines is 1. The van der Waals surface area contributed by atoms with E-state index in [9.17, 15) is 48.3 Å². The van der Waals surface area contributed by atoms with E-state index in [-0.39, 0.29) is 104 Å². The number of nitrogens with one attached hydrogen (secondary N) is 3. The SMILES string of the molecule is CC[C@H](C)[C@@H]([C@@H](CC(=O)N1CCC[C@H]1[C@H](C)[C@@H](C)C(=O)C[C@H](OC)[C@@H](O)c1ccccc1)OC)N(C)C(=O)[C@@H](CC(=O)[C@H](C(C)C)N(C)C(=O)OCc1ccc(O[C@@H]2O[C@H](C(=O)OC)[C@@H](C)[C@H](C)[C@H]2OC(C)=O)c(NC(=O)CCNC(=O)[C@H](CCCCN)NC(=O)OCC2c3ccccc3-c3ccccc32)c1)C(C)C. The van der Waals surface area contributed by atoms with Crippen LogP contribution in [0.3, 0.4) is 0 Å². The third-order valence-corrected chi connectivity index (χ3v) is 22.6. The topological polar surface area (TPSA) is 337 Å². The molecular weight excluding hydrogens is 1410 g/mol. The molecule has 6 N–H and O–H groups in total. The van der Waals surface area contributed by atoms with Crippen LogP contribution in [0.1, 0.15) is 175 Å². The highest BCUT2D eigenvalue weighted by Gasteiger charge is 2.49. The lowest BCUT2D eigenvalue weighted by atomic mass is 9.82. The molecule has 2 saturated heterocycles. The summed E-state index contributed by atoms with van der Waals surface area (Å²) in [4.78, 5) is 145. The number of rotatable bonds is 40. The summed E-state index contributed by atoms with van der Waals surface area (Å²) in [6.45, 7) is 20.1. The number of carbonyl (C=O) groups is 10. The third kappa shape index (κ3) is 22.7. The maximum atomic E-state index is 15.1. The van der Waals surface area contributed by atoms with Crippen molar-refractivity contribution in [3.05, 3.63) is 119 Å². The van der Waals surface area contributed by atoms with Crippen LogP contribution >= 0.6 is 0 Å². The summed E-state index contributed by atoms with van der Waals surface area (Å²) < 4.78 is 46.9. The van der Waals surface area contributed by atoms with Crippen molar-refractivity contribution < 1.29 is 90.9 Å². The summed E-state index contributed by atoms with van der Waals surface area (Å²) >= 11 is 0. The number of fused-ring (bicyclic) bond motifs is 3. The summed E-state index contributed by atoms with van der Waals surface area (Å²) in [7, 11) is 7.32. The smallest absolute Gasteiger partial charge is 0.410 e. The molecule has 3 aliphatic rings. The Morgan fingerprint density at radius 2 is 1.39 bits per heavy atom. The zero-order chi connectivity index (χ0) is 80.8. The minimum atomic E-state index is -1.42. The fourth-order valence-corrected chi connectivity index (χ4v) is 15.6. The van der Waals surface area contributed by atoms with Gasteiger partial charge in [0.15, 0.2) is 18.0 Å². The van der Waals surface area contributed by atoms with E-state index in [1.54, 1.807) is 57.8 Å². The Labute approximate surface area is 648 Å². The first-order chi connectivity index (χ1) is 52.4. The maximum Gasteiger partial charge on any atom is 0.410 e. The van der Waals surface area contributed by atoms with Crippen molar-refractivity contribution >= 4 is 65.0 Å². The second-order valence-corrected chi connectivity index (χ2v) is 30.5. The van der Waals surface area contributed by atoms with Crippen LogP contribution in [0.5, 0.6) is 5.75 Å². The van der Waals surface area contributed by atoms with Crippen LogP contribution in [0.4, 0.5) is 15.3 Å². The largest absolute Gasteiger partial charge is 0.467 e. The Kier molecular flexibility index (Phi) is 33.7. The number of methoxy groups -OCH3 is 3. The van der Waals surface area contributed by atoms with Crippen molar-refractivity contribution in [3.63, 3.8) is 0 Å². The summed E-state index contributed by atoms with van der Waals surface area (Å²) in [5, 5.41) is 19.4. The Morgan fingerprint density at radius 3 is 1.99 bits per heavy atom. The van der Waals surface area contributed by atoms with Crippen molar-refractivity contribution in [1.29, 1.82) is 0 Å². The van der Waals surface area contributed by atoms with Crippen LogP contribution in [0.2, 0.25) is 0 Å². The molecule has 7 rings (SSSR count). The standard InChI is InChI=1S/C84H119N7O19/c1-17-50(6)75(70(103-14)45-73(96)91-41-27-35-66(91)51(7)52(8)67(93)44-71(104-15)76(97)57-28-19-18-20-29-57)89(12)80(99)62(48(2)3)43-68(94)74(49(4)5)90(13)84(102)107-46-56-36-37-69(109-82-78(108-55(11)92)54(10)53(9)77(110-82)81(100)105-16)65(42-56)87-72(95)38-40-86-79(98)64(34-25-26-39-85)88-83(101)106-47-63-60-32-23-21-30-58(60)59-31-22-24-33-61(59)63/h18-24,28-33,36-37,42,48-54,62-64,66,70-71,74-78,82,97H,17,25-27,34-35,38-41,43-47,85H2,1-16H3,(H,86,98)(H,87,95)(H,88,101)/t50-,51+,52+,53-,54-,62-,64-,66-,70+,71-,74-,75-,76-,77-,78+,82+/m0/s1. The molecule has 0 bridgehead atoms. The van der Waals surface area contributed by atoms with Gasteiger partial charge in [-0.3, -0.25) is 33.6 Å². The molecule has 0 unspecified atom stereocenters. The molecule has 26 nitrogen and oxygen atoms in total. The lowest BCUT2D eigenvalue weighted by molar-refractivity contribution is -0.248. The highest BCUT2D eigenvalue weighted by atomic mass is 16.7. The van der Waals surface area contributed by atoms with E-state index in [1.807, 2.05) is 113 Å². The van der Waals surface area contributed by atoms with Gasteiger partial charge in [0, 0.05) is 97.3 Å². The van der Waals surface area contributed by atoms with Crippen molar-refractivity contribution in [3.8, 4) is 16.9 Å². The van der Waals surface area contributed by atoms with Gasteiger partial charge in [-0.1, -0.05) is 161 Å². The van der Waals surface area contributed by atoms with Gasteiger partial charge in [-0.05, 0) is 114 Å². The Hall–Kier alpha value is -8.82.